The number of benzene rings is 1. The highest BCUT2D eigenvalue weighted by molar-refractivity contribution is 5.89. The van der Waals surface area contributed by atoms with Gasteiger partial charge in [0, 0.05) is 43.9 Å². The Hall–Kier alpha value is -2.31. The van der Waals surface area contributed by atoms with E-state index in [2.05, 4.69) is 5.32 Å². The summed E-state index contributed by atoms with van der Waals surface area (Å²) in [5, 5.41) is 2.71. The first kappa shape index (κ1) is 20.0. The van der Waals surface area contributed by atoms with Gasteiger partial charge in [-0.2, -0.15) is 0 Å². The van der Waals surface area contributed by atoms with E-state index in [9.17, 15) is 14.0 Å². The first-order valence-corrected chi connectivity index (χ1v) is 9.27. The van der Waals surface area contributed by atoms with Gasteiger partial charge in [0.15, 0.2) is 11.6 Å². The molecule has 7 heteroatoms. The van der Waals surface area contributed by atoms with Crippen molar-refractivity contribution in [2.24, 2.45) is 5.92 Å². The van der Waals surface area contributed by atoms with Crippen LogP contribution < -0.4 is 10.1 Å². The number of halogens is 1. The SMILES string of the molecule is CCOc1ccc(NC(=O)N2CCC(C(=O)N(CC)CC)CC2)cc1F. The van der Waals surface area contributed by atoms with Crippen LogP contribution in [0.15, 0.2) is 18.2 Å². The number of anilines is 1. The van der Waals surface area contributed by atoms with Gasteiger partial charge in [-0.25, -0.2) is 9.18 Å². The molecule has 2 rings (SSSR count). The Morgan fingerprint density at radius 3 is 2.42 bits per heavy atom. The summed E-state index contributed by atoms with van der Waals surface area (Å²) in [7, 11) is 0. The number of amides is 3. The summed E-state index contributed by atoms with van der Waals surface area (Å²) in [4.78, 5) is 28.3. The van der Waals surface area contributed by atoms with Crippen LogP contribution in [0.3, 0.4) is 0 Å². The Labute approximate surface area is 154 Å². The van der Waals surface area contributed by atoms with Crippen molar-refractivity contribution in [1.29, 1.82) is 0 Å². The fourth-order valence-electron chi connectivity index (χ4n) is 3.18. The number of piperidine rings is 1. The zero-order valence-electron chi connectivity index (χ0n) is 15.8. The topological polar surface area (TPSA) is 61.9 Å². The second-order valence-electron chi connectivity index (χ2n) is 6.28. The molecule has 1 aliphatic heterocycles. The van der Waals surface area contributed by atoms with Crippen LogP contribution in [0.5, 0.6) is 5.75 Å². The molecule has 1 heterocycles. The number of urea groups is 1. The van der Waals surface area contributed by atoms with Gasteiger partial charge in [0.2, 0.25) is 5.91 Å². The molecule has 1 aromatic carbocycles. The van der Waals surface area contributed by atoms with Crippen LogP contribution in [0.4, 0.5) is 14.9 Å². The molecule has 0 bridgehead atoms. The van der Waals surface area contributed by atoms with Gasteiger partial charge in [0.05, 0.1) is 6.61 Å². The predicted octanol–water partition coefficient (Wildman–Crippen LogP) is 3.34. The largest absolute Gasteiger partial charge is 0.491 e. The Balaban J connectivity index is 1.88. The van der Waals surface area contributed by atoms with Crippen molar-refractivity contribution in [3.8, 4) is 5.75 Å². The van der Waals surface area contributed by atoms with Crippen molar-refractivity contribution < 1.29 is 18.7 Å². The monoisotopic (exact) mass is 365 g/mol. The molecule has 6 nitrogen and oxygen atoms in total. The van der Waals surface area contributed by atoms with Gasteiger partial charge < -0.3 is 19.9 Å². The molecule has 1 fully saturated rings. The Bertz CT molecular complexity index is 626. The van der Waals surface area contributed by atoms with E-state index >= 15 is 0 Å². The second kappa shape index (κ2) is 9.40. The summed E-state index contributed by atoms with van der Waals surface area (Å²) in [5.74, 6) is -0.195. The van der Waals surface area contributed by atoms with E-state index in [1.165, 1.54) is 12.1 Å². The third kappa shape index (κ3) is 4.86. The number of carbonyl (C=O) groups excluding carboxylic acids is 2. The van der Waals surface area contributed by atoms with E-state index in [4.69, 9.17) is 4.74 Å². The van der Waals surface area contributed by atoms with E-state index in [0.29, 0.717) is 51.3 Å². The molecular weight excluding hydrogens is 337 g/mol. The van der Waals surface area contributed by atoms with Crippen molar-refractivity contribution in [1.82, 2.24) is 9.80 Å². The smallest absolute Gasteiger partial charge is 0.321 e. The maximum atomic E-state index is 13.9. The molecule has 1 aliphatic rings. The lowest BCUT2D eigenvalue weighted by molar-refractivity contribution is -0.136. The van der Waals surface area contributed by atoms with Crippen LogP contribution in [-0.4, -0.2) is 54.5 Å². The fraction of sp³-hybridized carbons (Fsp3) is 0.579. The summed E-state index contributed by atoms with van der Waals surface area (Å²) in [6, 6.07) is 4.09. The lowest BCUT2D eigenvalue weighted by Gasteiger charge is -2.33. The summed E-state index contributed by atoms with van der Waals surface area (Å²) in [6.07, 6.45) is 1.31. The highest BCUT2D eigenvalue weighted by atomic mass is 19.1. The number of ether oxygens (including phenoxy) is 1. The number of carbonyl (C=O) groups is 2. The Kier molecular flexibility index (Phi) is 7.24. The Morgan fingerprint density at radius 1 is 1.23 bits per heavy atom. The average Bonchev–Trinajstić information content (AvgIpc) is 2.65. The van der Waals surface area contributed by atoms with Gasteiger partial charge in [-0.05, 0) is 45.7 Å². The molecule has 26 heavy (non-hydrogen) atoms. The van der Waals surface area contributed by atoms with Crippen LogP contribution in [-0.2, 0) is 4.79 Å². The van der Waals surface area contributed by atoms with Crippen molar-refractivity contribution in [3.05, 3.63) is 24.0 Å². The van der Waals surface area contributed by atoms with Crippen molar-refractivity contribution in [2.45, 2.75) is 33.6 Å². The number of hydrogen-bond acceptors (Lipinski definition) is 3. The van der Waals surface area contributed by atoms with Crippen LogP contribution in [0.2, 0.25) is 0 Å². The van der Waals surface area contributed by atoms with Crippen LogP contribution in [0.1, 0.15) is 33.6 Å². The first-order valence-electron chi connectivity index (χ1n) is 9.27. The highest BCUT2D eigenvalue weighted by Gasteiger charge is 2.29. The van der Waals surface area contributed by atoms with Gasteiger partial charge in [-0.3, -0.25) is 4.79 Å². The third-order valence-electron chi connectivity index (χ3n) is 4.69. The van der Waals surface area contributed by atoms with E-state index in [0.717, 1.165) is 0 Å². The lowest BCUT2D eigenvalue weighted by Crippen LogP contribution is -2.45. The Morgan fingerprint density at radius 2 is 1.88 bits per heavy atom. The molecule has 1 N–H and O–H groups in total. The first-order chi connectivity index (χ1) is 12.5. The lowest BCUT2D eigenvalue weighted by atomic mass is 9.95. The number of nitrogens with one attached hydrogen (secondary N) is 1. The number of likely N-dealkylation sites (tertiary alicyclic amines) is 1. The maximum Gasteiger partial charge on any atom is 0.321 e. The molecule has 0 saturated carbocycles. The minimum atomic E-state index is -0.506. The summed E-state index contributed by atoms with van der Waals surface area (Å²) in [5.41, 5.74) is 0.386. The van der Waals surface area contributed by atoms with Gasteiger partial charge in [0.25, 0.3) is 0 Å². The molecule has 0 aliphatic carbocycles. The zero-order valence-corrected chi connectivity index (χ0v) is 15.8. The van der Waals surface area contributed by atoms with E-state index in [1.807, 2.05) is 18.7 Å². The molecule has 3 amide bonds. The molecule has 0 aromatic heterocycles. The highest BCUT2D eigenvalue weighted by Crippen LogP contribution is 2.23. The average molecular weight is 365 g/mol. The predicted molar refractivity (Wildman–Crippen MR) is 98.8 cm³/mol. The van der Waals surface area contributed by atoms with Gasteiger partial charge >= 0.3 is 6.03 Å². The number of rotatable bonds is 6. The zero-order chi connectivity index (χ0) is 19.1. The third-order valence-corrected chi connectivity index (χ3v) is 4.69. The van der Waals surface area contributed by atoms with Crippen LogP contribution in [0.25, 0.3) is 0 Å². The van der Waals surface area contributed by atoms with Crippen molar-refractivity contribution >= 4 is 17.6 Å². The maximum absolute atomic E-state index is 13.9. The normalized spacial score (nSPS) is 14.8. The van der Waals surface area contributed by atoms with Crippen molar-refractivity contribution in [3.63, 3.8) is 0 Å². The molecule has 144 valence electrons. The minimum absolute atomic E-state index is 0.0260. The minimum Gasteiger partial charge on any atom is -0.491 e. The van der Waals surface area contributed by atoms with E-state index in [-0.39, 0.29) is 23.6 Å². The van der Waals surface area contributed by atoms with Crippen molar-refractivity contribution in [2.75, 3.05) is 38.1 Å². The number of hydrogen-bond donors (Lipinski definition) is 1. The molecule has 0 radical (unpaired) electrons. The molecule has 1 aromatic rings. The second-order valence-corrected chi connectivity index (χ2v) is 6.28. The van der Waals surface area contributed by atoms with Gasteiger partial charge in [-0.15, -0.1) is 0 Å². The molecular formula is C19H28FN3O3. The van der Waals surface area contributed by atoms with Gasteiger partial charge in [0.1, 0.15) is 0 Å². The molecule has 0 spiro atoms. The standard InChI is InChI=1S/C19H28FN3O3/c1-4-22(5-2)18(24)14-9-11-23(12-10-14)19(25)21-15-7-8-17(26-6-3)16(20)13-15/h7-8,13-14H,4-6,9-12H2,1-3H3,(H,21,25). The molecule has 1 saturated heterocycles. The molecule has 0 atom stereocenters. The summed E-state index contributed by atoms with van der Waals surface area (Å²) < 4.78 is 19.0. The molecule has 0 unspecified atom stereocenters. The van der Waals surface area contributed by atoms with E-state index < -0.39 is 5.82 Å². The van der Waals surface area contributed by atoms with Crippen LogP contribution >= 0.6 is 0 Å². The summed E-state index contributed by atoms with van der Waals surface area (Å²) >= 11 is 0. The van der Waals surface area contributed by atoms with Gasteiger partial charge in [-0.1, -0.05) is 0 Å². The van der Waals surface area contributed by atoms with Crippen LogP contribution in [0, 0.1) is 11.7 Å². The quantitative estimate of drug-likeness (QED) is 0.841. The summed E-state index contributed by atoms with van der Waals surface area (Å²) in [6.45, 7) is 8.55. The number of nitrogens with zero attached hydrogens (tertiary/aromatic N) is 2. The fourth-order valence-corrected chi connectivity index (χ4v) is 3.18. The van der Waals surface area contributed by atoms with E-state index in [1.54, 1.807) is 17.9 Å².